The van der Waals surface area contributed by atoms with E-state index in [0.29, 0.717) is 12.6 Å². The van der Waals surface area contributed by atoms with Crippen molar-refractivity contribution in [3.63, 3.8) is 0 Å². The fraction of sp³-hybridized carbons (Fsp3) is 0.346. The van der Waals surface area contributed by atoms with Crippen molar-refractivity contribution in [3.8, 4) is 17.1 Å². The Kier molecular flexibility index (Phi) is 6.21. The first-order valence-corrected chi connectivity index (χ1v) is 11.7. The summed E-state index contributed by atoms with van der Waals surface area (Å²) in [6.07, 6.45) is 3.93. The molecule has 170 valence electrons. The summed E-state index contributed by atoms with van der Waals surface area (Å²) in [6.45, 7) is 5.44. The number of nitrogens with zero attached hydrogens (tertiary/aromatic N) is 5. The van der Waals surface area contributed by atoms with E-state index >= 15 is 0 Å². The first-order valence-electron chi connectivity index (χ1n) is 11.7. The molecule has 0 spiro atoms. The standard InChI is InChI=1S/C26H30N6O/c1-3-33-24-11-7-4-8-19(24)18-27-20-13-16-32(17-14-20)26-22-10-6-5-9-21(22)25(29-30-26)23-12-15-28-31(23)2/h4-12,15,20,27H,3,13-14,16-18H2,1-2H3. The van der Waals surface area contributed by atoms with E-state index in [4.69, 9.17) is 4.74 Å². The van der Waals surface area contributed by atoms with Crippen LogP contribution in [-0.4, -0.2) is 45.7 Å². The molecule has 1 N–H and O–H groups in total. The van der Waals surface area contributed by atoms with E-state index in [1.54, 1.807) is 6.20 Å². The summed E-state index contributed by atoms with van der Waals surface area (Å²) >= 11 is 0. The first-order chi connectivity index (χ1) is 16.2. The summed E-state index contributed by atoms with van der Waals surface area (Å²) in [5, 5.41) is 19.6. The molecule has 3 heterocycles. The lowest BCUT2D eigenvalue weighted by atomic mass is 10.0. The van der Waals surface area contributed by atoms with Crippen LogP contribution in [0.15, 0.2) is 60.8 Å². The predicted molar refractivity (Wildman–Crippen MR) is 131 cm³/mol. The predicted octanol–water partition coefficient (Wildman–Crippen LogP) is 4.19. The van der Waals surface area contributed by atoms with E-state index in [1.165, 1.54) is 5.56 Å². The second-order valence-corrected chi connectivity index (χ2v) is 8.44. The van der Waals surface area contributed by atoms with E-state index in [9.17, 15) is 0 Å². The third kappa shape index (κ3) is 4.41. The molecule has 0 atom stereocenters. The van der Waals surface area contributed by atoms with Gasteiger partial charge in [0.15, 0.2) is 5.82 Å². The van der Waals surface area contributed by atoms with Crippen molar-refractivity contribution in [3.05, 3.63) is 66.4 Å². The fourth-order valence-electron chi connectivity index (χ4n) is 4.61. The van der Waals surface area contributed by atoms with Crippen LogP contribution in [0, 0.1) is 0 Å². The molecule has 7 nitrogen and oxygen atoms in total. The average molecular weight is 443 g/mol. The largest absolute Gasteiger partial charge is 0.494 e. The van der Waals surface area contributed by atoms with Crippen LogP contribution < -0.4 is 15.0 Å². The van der Waals surface area contributed by atoms with Gasteiger partial charge in [0.1, 0.15) is 11.4 Å². The van der Waals surface area contributed by atoms with Gasteiger partial charge in [0.25, 0.3) is 0 Å². The highest BCUT2D eigenvalue weighted by Crippen LogP contribution is 2.32. The van der Waals surface area contributed by atoms with Crippen molar-refractivity contribution in [2.45, 2.75) is 32.4 Å². The van der Waals surface area contributed by atoms with Crippen LogP contribution >= 0.6 is 0 Å². The zero-order chi connectivity index (χ0) is 22.6. The van der Waals surface area contributed by atoms with Crippen LogP contribution in [-0.2, 0) is 13.6 Å². The van der Waals surface area contributed by atoms with Crippen molar-refractivity contribution >= 4 is 16.6 Å². The molecule has 1 aliphatic rings. The molecule has 0 amide bonds. The normalized spacial score (nSPS) is 14.7. The van der Waals surface area contributed by atoms with Crippen molar-refractivity contribution in [2.24, 2.45) is 7.05 Å². The van der Waals surface area contributed by atoms with E-state index < -0.39 is 0 Å². The van der Waals surface area contributed by atoms with Crippen molar-refractivity contribution in [1.82, 2.24) is 25.3 Å². The van der Waals surface area contributed by atoms with Gasteiger partial charge in [-0.3, -0.25) is 4.68 Å². The smallest absolute Gasteiger partial charge is 0.159 e. The first kappa shape index (κ1) is 21.4. The Morgan fingerprint density at radius 2 is 1.73 bits per heavy atom. The molecule has 0 aliphatic carbocycles. The Morgan fingerprint density at radius 3 is 2.48 bits per heavy atom. The second-order valence-electron chi connectivity index (χ2n) is 8.44. The van der Waals surface area contributed by atoms with Crippen LogP contribution in [0.1, 0.15) is 25.3 Å². The minimum atomic E-state index is 0.476. The summed E-state index contributed by atoms with van der Waals surface area (Å²) < 4.78 is 7.61. The topological polar surface area (TPSA) is 68.1 Å². The number of aromatic nitrogens is 4. The number of fused-ring (bicyclic) bond motifs is 1. The zero-order valence-corrected chi connectivity index (χ0v) is 19.2. The van der Waals surface area contributed by atoms with Gasteiger partial charge < -0.3 is 15.0 Å². The Morgan fingerprint density at radius 1 is 0.970 bits per heavy atom. The summed E-state index contributed by atoms with van der Waals surface area (Å²) in [5.74, 6) is 1.94. The zero-order valence-electron chi connectivity index (χ0n) is 19.2. The van der Waals surface area contributed by atoms with Crippen molar-refractivity contribution < 1.29 is 4.74 Å². The van der Waals surface area contributed by atoms with Gasteiger partial charge in [-0.1, -0.05) is 42.5 Å². The Bertz CT molecular complexity index is 1230. The molecule has 1 aliphatic heterocycles. The maximum absolute atomic E-state index is 5.77. The minimum Gasteiger partial charge on any atom is -0.494 e. The molecule has 7 heteroatoms. The third-order valence-electron chi connectivity index (χ3n) is 6.38. The molecule has 33 heavy (non-hydrogen) atoms. The molecular formula is C26H30N6O. The molecule has 4 aromatic rings. The number of para-hydroxylation sites is 1. The number of ether oxygens (including phenoxy) is 1. The highest BCUT2D eigenvalue weighted by Gasteiger charge is 2.23. The number of hydrogen-bond acceptors (Lipinski definition) is 6. The number of anilines is 1. The van der Waals surface area contributed by atoms with Crippen LogP contribution in [0.5, 0.6) is 5.75 Å². The molecule has 0 bridgehead atoms. The molecular weight excluding hydrogens is 412 g/mol. The number of piperidine rings is 1. The Labute approximate surface area is 194 Å². The maximum atomic E-state index is 5.77. The number of nitrogens with one attached hydrogen (secondary N) is 1. The minimum absolute atomic E-state index is 0.476. The molecule has 0 unspecified atom stereocenters. The number of aryl methyl sites for hydroxylation is 1. The highest BCUT2D eigenvalue weighted by molar-refractivity contribution is 5.99. The average Bonchev–Trinajstić information content (AvgIpc) is 3.29. The molecule has 0 saturated carbocycles. The van der Waals surface area contributed by atoms with Gasteiger partial charge in [-0.25, -0.2) is 0 Å². The lowest BCUT2D eigenvalue weighted by Crippen LogP contribution is -2.42. The summed E-state index contributed by atoms with van der Waals surface area (Å²) in [4.78, 5) is 2.37. The number of hydrogen-bond donors (Lipinski definition) is 1. The van der Waals surface area contributed by atoms with Crippen molar-refractivity contribution in [2.75, 3.05) is 24.6 Å². The van der Waals surface area contributed by atoms with Crippen LogP contribution in [0.4, 0.5) is 5.82 Å². The van der Waals surface area contributed by atoms with Gasteiger partial charge in [-0.2, -0.15) is 5.10 Å². The van der Waals surface area contributed by atoms with Gasteiger partial charge in [0, 0.05) is 55.3 Å². The Balaban J connectivity index is 1.29. The summed E-state index contributed by atoms with van der Waals surface area (Å²) in [5.41, 5.74) is 3.06. The van der Waals surface area contributed by atoms with E-state index in [-0.39, 0.29) is 0 Å². The lowest BCUT2D eigenvalue weighted by molar-refractivity contribution is 0.333. The van der Waals surface area contributed by atoms with E-state index in [0.717, 1.165) is 66.2 Å². The van der Waals surface area contributed by atoms with Gasteiger partial charge >= 0.3 is 0 Å². The van der Waals surface area contributed by atoms with Gasteiger partial charge in [0.2, 0.25) is 0 Å². The van der Waals surface area contributed by atoms with Crippen LogP contribution in [0.2, 0.25) is 0 Å². The van der Waals surface area contributed by atoms with Gasteiger partial charge in [0.05, 0.1) is 12.3 Å². The quantitative estimate of drug-likeness (QED) is 0.463. The molecule has 1 fully saturated rings. The molecule has 2 aromatic heterocycles. The van der Waals surface area contributed by atoms with Crippen LogP contribution in [0.3, 0.4) is 0 Å². The van der Waals surface area contributed by atoms with Crippen molar-refractivity contribution in [1.29, 1.82) is 0 Å². The van der Waals surface area contributed by atoms with E-state index in [1.807, 2.05) is 36.9 Å². The molecule has 0 radical (unpaired) electrons. The third-order valence-corrected chi connectivity index (χ3v) is 6.38. The fourth-order valence-corrected chi connectivity index (χ4v) is 4.61. The van der Waals surface area contributed by atoms with Crippen LogP contribution in [0.25, 0.3) is 22.2 Å². The van der Waals surface area contributed by atoms with E-state index in [2.05, 4.69) is 61.9 Å². The molecule has 5 rings (SSSR count). The number of benzene rings is 2. The Hall–Kier alpha value is -3.45. The number of rotatable bonds is 7. The molecule has 1 saturated heterocycles. The van der Waals surface area contributed by atoms with Gasteiger partial charge in [-0.15, -0.1) is 10.2 Å². The SMILES string of the molecule is CCOc1ccccc1CNC1CCN(c2nnc(-c3ccnn3C)c3ccccc23)CC1. The highest BCUT2D eigenvalue weighted by atomic mass is 16.5. The summed E-state index contributed by atoms with van der Waals surface area (Å²) in [7, 11) is 1.93. The summed E-state index contributed by atoms with van der Waals surface area (Å²) in [6, 6.07) is 19.1. The second kappa shape index (κ2) is 9.58. The van der Waals surface area contributed by atoms with Gasteiger partial charge in [-0.05, 0) is 31.9 Å². The monoisotopic (exact) mass is 442 g/mol. The molecule has 2 aromatic carbocycles. The lowest BCUT2D eigenvalue weighted by Gasteiger charge is -2.33. The maximum Gasteiger partial charge on any atom is 0.159 e.